The number of hydrogen-bond acceptors (Lipinski definition) is 4. The van der Waals surface area contributed by atoms with Gasteiger partial charge in [0, 0.05) is 24.2 Å². The maximum absolute atomic E-state index is 13.7. The highest BCUT2D eigenvalue weighted by molar-refractivity contribution is 5.77. The summed E-state index contributed by atoms with van der Waals surface area (Å²) in [5.41, 5.74) is 13.6. The summed E-state index contributed by atoms with van der Waals surface area (Å²) in [7, 11) is 2.24. The van der Waals surface area contributed by atoms with Crippen LogP contribution in [-0.2, 0) is 28.6 Å². The van der Waals surface area contributed by atoms with E-state index >= 15 is 0 Å². The summed E-state index contributed by atoms with van der Waals surface area (Å²) in [5.74, 6) is 0. The summed E-state index contributed by atoms with van der Waals surface area (Å²) in [5, 5.41) is 3.90. The number of amides is 1. The van der Waals surface area contributed by atoms with E-state index in [9.17, 15) is 4.79 Å². The van der Waals surface area contributed by atoms with Crippen LogP contribution >= 0.6 is 0 Å². The largest absolute Gasteiger partial charge is 0.445 e. The van der Waals surface area contributed by atoms with E-state index in [1.165, 1.54) is 55.8 Å². The van der Waals surface area contributed by atoms with Gasteiger partial charge in [-0.1, -0.05) is 108 Å². The number of carbonyl (C=O) groups is 1. The molecule has 0 saturated carbocycles. The van der Waals surface area contributed by atoms with Gasteiger partial charge < -0.3 is 15.0 Å². The number of fused-ring (bicyclic) bond motifs is 6. The fourth-order valence-electron chi connectivity index (χ4n) is 9.59. The molecule has 0 unspecified atom stereocenters. The van der Waals surface area contributed by atoms with Crippen molar-refractivity contribution in [2.75, 3.05) is 25.5 Å². The number of likely N-dealkylation sites (N-methyl/N-ethyl adjacent to an activating group) is 1. The maximum Gasteiger partial charge on any atom is 0.410 e. The topological polar surface area (TPSA) is 44.8 Å². The van der Waals surface area contributed by atoms with Crippen LogP contribution in [0.4, 0.5) is 10.5 Å². The molecule has 3 aliphatic heterocycles. The number of anilines is 1. The second kappa shape index (κ2) is 11.3. The van der Waals surface area contributed by atoms with Gasteiger partial charge in [0.2, 0.25) is 0 Å². The highest BCUT2D eigenvalue weighted by Gasteiger charge is 2.57. The maximum atomic E-state index is 13.7. The minimum absolute atomic E-state index is 0.00698. The van der Waals surface area contributed by atoms with Crippen LogP contribution in [0.2, 0.25) is 0 Å². The lowest BCUT2D eigenvalue weighted by molar-refractivity contribution is 0.0895. The van der Waals surface area contributed by atoms with Crippen LogP contribution in [0.1, 0.15) is 57.3 Å². The van der Waals surface area contributed by atoms with Crippen molar-refractivity contribution < 1.29 is 9.53 Å². The molecule has 3 heterocycles. The van der Waals surface area contributed by atoms with E-state index < -0.39 is 0 Å². The highest BCUT2D eigenvalue weighted by Crippen LogP contribution is 2.55. The van der Waals surface area contributed by atoms with E-state index in [1.807, 2.05) is 35.2 Å². The van der Waals surface area contributed by atoms with Gasteiger partial charge in [-0.05, 0) is 103 Å². The first kappa shape index (κ1) is 30.2. The molecule has 0 bridgehead atoms. The van der Waals surface area contributed by atoms with Crippen LogP contribution in [-0.4, -0.2) is 48.2 Å². The molecule has 4 atom stereocenters. The minimum atomic E-state index is -0.286. The van der Waals surface area contributed by atoms with Crippen molar-refractivity contribution in [1.82, 2.24) is 9.80 Å². The van der Waals surface area contributed by atoms with E-state index in [0.717, 1.165) is 31.4 Å². The normalized spacial score (nSPS) is 25.0. The molecule has 4 aliphatic rings. The van der Waals surface area contributed by atoms with Gasteiger partial charge >= 0.3 is 6.09 Å². The molecule has 9 rings (SSSR count). The number of carbonyl (C=O) groups excluding carboxylic acids is 1. The van der Waals surface area contributed by atoms with E-state index in [1.54, 1.807) is 0 Å². The summed E-state index contributed by atoms with van der Waals surface area (Å²) >= 11 is 0. The quantitative estimate of drug-likeness (QED) is 0.208. The molecular formula is C44H43N3O2. The van der Waals surface area contributed by atoms with Gasteiger partial charge in [-0.25, -0.2) is 4.79 Å². The molecule has 0 spiro atoms. The highest BCUT2D eigenvalue weighted by atomic mass is 16.6. The summed E-state index contributed by atoms with van der Waals surface area (Å²) in [4.78, 5) is 18.2. The van der Waals surface area contributed by atoms with Gasteiger partial charge in [-0.3, -0.25) is 4.90 Å². The van der Waals surface area contributed by atoms with Gasteiger partial charge in [0.1, 0.15) is 6.61 Å². The van der Waals surface area contributed by atoms with Crippen molar-refractivity contribution in [3.05, 3.63) is 160 Å². The summed E-state index contributed by atoms with van der Waals surface area (Å²) in [6.07, 6.45) is 2.79. The smallest absolute Gasteiger partial charge is 0.410 e. The van der Waals surface area contributed by atoms with Gasteiger partial charge in [0.05, 0.1) is 17.6 Å². The molecule has 5 aromatic carbocycles. The van der Waals surface area contributed by atoms with E-state index in [-0.39, 0.29) is 35.7 Å². The van der Waals surface area contributed by atoms with Crippen LogP contribution in [0.5, 0.6) is 0 Å². The zero-order valence-corrected chi connectivity index (χ0v) is 28.6. The number of likely N-dealkylation sites (tertiary alicyclic amines) is 2. The van der Waals surface area contributed by atoms with Crippen molar-refractivity contribution in [2.45, 2.75) is 62.8 Å². The third-order valence-electron chi connectivity index (χ3n) is 12.2. The number of rotatable bonds is 5. The zero-order valence-electron chi connectivity index (χ0n) is 28.6. The van der Waals surface area contributed by atoms with Crippen LogP contribution in [0.3, 0.4) is 0 Å². The molecule has 246 valence electrons. The first-order valence-electron chi connectivity index (χ1n) is 17.7. The summed E-state index contributed by atoms with van der Waals surface area (Å²) in [6, 6.07) is 42.2. The number of hydrogen-bond donors (Lipinski definition) is 1. The number of benzene rings is 5. The van der Waals surface area contributed by atoms with Crippen molar-refractivity contribution in [1.29, 1.82) is 0 Å². The van der Waals surface area contributed by atoms with Crippen molar-refractivity contribution in [2.24, 2.45) is 0 Å². The van der Waals surface area contributed by atoms with Gasteiger partial charge in [-0.15, -0.1) is 0 Å². The molecule has 1 amide bonds. The molecule has 5 nitrogen and oxygen atoms in total. The van der Waals surface area contributed by atoms with E-state index in [0.29, 0.717) is 6.54 Å². The average molecular weight is 646 g/mol. The Morgan fingerprint density at radius 2 is 1.39 bits per heavy atom. The Bertz CT molecular complexity index is 2060. The molecular weight excluding hydrogens is 603 g/mol. The fourth-order valence-corrected chi connectivity index (χ4v) is 9.59. The zero-order chi connectivity index (χ0) is 33.3. The summed E-state index contributed by atoms with van der Waals surface area (Å²) in [6.45, 7) is 6.32. The third-order valence-corrected chi connectivity index (χ3v) is 12.2. The molecule has 5 aromatic rings. The third kappa shape index (κ3) is 4.59. The first-order valence-corrected chi connectivity index (χ1v) is 17.7. The molecule has 5 heteroatoms. The Kier molecular flexibility index (Phi) is 7.00. The van der Waals surface area contributed by atoms with E-state index in [4.69, 9.17) is 4.74 Å². The molecule has 1 N–H and O–H groups in total. The summed E-state index contributed by atoms with van der Waals surface area (Å²) < 4.78 is 5.93. The number of nitrogens with zero attached hydrogens (tertiary/aromatic N) is 2. The molecule has 1 aliphatic carbocycles. The lowest BCUT2D eigenvalue weighted by Crippen LogP contribution is -2.43. The number of aryl methyl sites for hydroxylation is 2. The monoisotopic (exact) mass is 645 g/mol. The van der Waals surface area contributed by atoms with Gasteiger partial charge in [0.15, 0.2) is 0 Å². The van der Waals surface area contributed by atoms with Crippen LogP contribution < -0.4 is 5.32 Å². The number of nitrogens with one attached hydrogen (secondary N) is 1. The fraction of sp³-hybridized carbons (Fsp3) is 0.295. The van der Waals surface area contributed by atoms with E-state index in [2.05, 4.69) is 116 Å². The SMILES string of the molecule is Cc1ccc([C@]23CCN(C)[C@H]2Nc2ccc(-c4ccc5c(c4)[C@@]4(c6ccc(C)cc6)CCN(C(=O)OCc6ccccc6)[C@H]4C5)cc23)cc1. The van der Waals surface area contributed by atoms with Gasteiger partial charge in [-0.2, -0.15) is 0 Å². The minimum Gasteiger partial charge on any atom is -0.445 e. The predicted molar refractivity (Wildman–Crippen MR) is 196 cm³/mol. The van der Waals surface area contributed by atoms with Crippen molar-refractivity contribution in [3.63, 3.8) is 0 Å². The van der Waals surface area contributed by atoms with Crippen LogP contribution in [0.25, 0.3) is 11.1 Å². The lowest BCUT2D eigenvalue weighted by atomic mass is 9.71. The first-order chi connectivity index (χ1) is 23.9. The van der Waals surface area contributed by atoms with Crippen LogP contribution in [0.15, 0.2) is 115 Å². The van der Waals surface area contributed by atoms with Crippen molar-refractivity contribution >= 4 is 11.8 Å². The predicted octanol–water partition coefficient (Wildman–Crippen LogP) is 8.60. The average Bonchev–Trinajstić information content (AvgIpc) is 3.85. The Morgan fingerprint density at radius 1 is 0.755 bits per heavy atom. The second-order valence-electron chi connectivity index (χ2n) is 14.8. The molecule has 49 heavy (non-hydrogen) atoms. The molecule has 2 fully saturated rings. The Morgan fingerprint density at radius 3 is 2.10 bits per heavy atom. The van der Waals surface area contributed by atoms with Gasteiger partial charge in [0.25, 0.3) is 0 Å². The number of ether oxygens (including phenoxy) is 1. The Labute approximate surface area is 289 Å². The standard InChI is InChI=1S/C44H43N3O2/c1-29-9-16-35(17-10-29)43-22-24-47(42(48)49-28-31-7-5-4-6-8-31)40(43)27-34-14-13-32(25-37(34)43)33-15-20-39-38(26-33)44(21-23-46(3)41(44)45-39)36-18-11-30(2)12-19-36/h4-20,25-26,40-41,45H,21-24,27-28H2,1-3H3/t40-,41+,43-,44-/m0/s1. The molecule has 0 radical (unpaired) electrons. The molecule has 0 aromatic heterocycles. The Balaban J connectivity index is 1.10. The lowest BCUT2D eigenvalue weighted by Gasteiger charge is -2.34. The van der Waals surface area contributed by atoms with Crippen molar-refractivity contribution in [3.8, 4) is 11.1 Å². The Hall–Kier alpha value is -4.87. The second-order valence-corrected chi connectivity index (χ2v) is 14.8. The van der Waals surface area contributed by atoms with Crippen LogP contribution in [0, 0.1) is 13.8 Å². The molecule has 2 saturated heterocycles.